The van der Waals surface area contributed by atoms with Gasteiger partial charge in [0.2, 0.25) is 10.8 Å². The van der Waals surface area contributed by atoms with E-state index in [-0.39, 0.29) is 22.9 Å². The first-order chi connectivity index (χ1) is 29.0. The number of fused-ring (bicyclic) bond motifs is 6. The fourth-order valence-corrected chi connectivity index (χ4v) is 8.33. The Hall–Kier alpha value is -7.36. The second-order valence-electron chi connectivity index (χ2n) is 13.8. The fraction of sp³-hybridized carbons (Fsp3) is 0.273. The third-order valence-electron chi connectivity index (χ3n) is 11.0. The SMILES string of the molecule is COC(=O)[C@@H]1N=C(c2ccc(OC)cc2)[C@@]2(C(=O)OC)C(=O)Oc3ccccc3[C@@H]12.COC(=O)[C@H]1N=C(c2ccc(OC)cc2)[C@]2(C(=O)OC)C(=O)Oc3ccccc3[C@H]12. The van der Waals surface area contributed by atoms with E-state index in [2.05, 4.69) is 9.98 Å². The second kappa shape index (κ2) is 16.1. The van der Waals surface area contributed by atoms with Crippen molar-refractivity contribution in [3.63, 3.8) is 0 Å². The number of nitrogens with zero attached hydrogens (tertiary/aromatic N) is 2. The largest absolute Gasteiger partial charge is 0.497 e. The summed E-state index contributed by atoms with van der Waals surface area (Å²) in [6.07, 6.45) is 0. The number of carbonyl (C=O) groups excluding carboxylic acids is 6. The van der Waals surface area contributed by atoms with Gasteiger partial charge in [0, 0.05) is 11.1 Å². The maximum Gasteiger partial charge on any atom is 0.335 e. The molecule has 4 aliphatic heterocycles. The number of para-hydroxylation sites is 2. The predicted molar refractivity (Wildman–Crippen MR) is 209 cm³/mol. The van der Waals surface area contributed by atoms with Gasteiger partial charge >= 0.3 is 35.8 Å². The summed E-state index contributed by atoms with van der Waals surface area (Å²) in [7, 11) is 7.87. The van der Waals surface area contributed by atoms with Crippen LogP contribution in [-0.2, 0) is 47.7 Å². The average molecular weight is 819 g/mol. The number of carbonyl (C=O) groups is 6. The van der Waals surface area contributed by atoms with Crippen LogP contribution < -0.4 is 18.9 Å². The molecule has 0 saturated carbocycles. The maximum absolute atomic E-state index is 13.3. The molecule has 8 rings (SSSR count). The molecule has 0 spiro atoms. The van der Waals surface area contributed by atoms with Crippen molar-refractivity contribution in [3.8, 4) is 23.0 Å². The van der Waals surface area contributed by atoms with E-state index < -0.39 is 70.6 Å². The van der Waals surface area contributed by atoms with Crippen LogP contribution in [0.15, 0.2) is 107 Å². The van der Waals surface area contributed by atoms with Gasteiger partial charge in [-0.05, 0) is 71.8 Å². The Morgan fingerprint density at radius 3 is 1.17 bits per heavy atom. The molecule has 0 fully saturated rings. The number of methoxy groups -OCH3 is 6. The molecule has 60 heavy (non-hydrogen) atoms. The Balaban J connectivity index is 0.000000181. The Kier molecular flexibility index (Phi) is 11.0. The third-order valence-corrected chi connectivity index (χ3v) is 11.0. The predicted octanol–water partition coefficient (Wildman–Crippen LogP) is 3.80. The number of rotatable bonds is 8. The van der Waals surface area contributed by atoms with Crippen molar-refractivity contribution in [1.82, 2.24) is 0 Å². The van der Waals surface area contributed by atoms with Crippen LogP contribution in [0.5, 0.6) is 23.0 Å². The highest BCUT2D eigenvalue weighted by Crippen LogP contribution is 2.56. The lowest BCUT2D eigenvalue weighted by Crippen LogP contribution is -2.55. The minimum atomic E-state index is -1.95. The molecule has 16 heteroatoms. The minimum absolute atomic E-state index is 0.0944. The molecule has 0 amide bonds. The van der Waals surface area contributed by atoms with Crippen molar-refractivity contribution in [2.75, 3.05) is 42.7 Å². The van der Waals surface area contributed by atoms with E-state index >= 15 is 0 Å². The molecule has 0 saturated heterocycles. The number of ether oxygens (including phenoxy) is 8. The Morgan fingerprint density at radius 2 is 0.850 bits per heavy atom. The van der Waals surface area contributed by atoms with Gasteiger partial charge in [-0.1, -0.05) is 36.4 Å². The summed E-state index contributed by atoms with van der Waals surface area (Å²) in [4.78, 5) is 87.4. The molecular formula is C44H38N2O14. The lowest BCUT2D eigenvalue weighted by atomic mass is 9.65. The van der Waals surface area contributed by atoms with Crippen LogP contribution in [0, 0.1) is 10.8 Å². The van der Waals surface area contributed by atoms with Crippen LogP contribution >= 0.6 is 0 Å². The van der Waals surface area contributed by atoms with Gasteiger partial charge in [0.25, 0.3) is 0 Å². The Morgan fingerprint density at radius 1 is 0.500 bits per heavy atom. The van der Waals surface area contributed by atoms with E-state index in [0.29, 0.717) is 33.8 Å². The topological polar surface area (TPSA) is 201 Å². The standard InChI is InChI=1S/2C22H19NO7/c2*1-27-13-10-8-12(9-11-13)18-22(20(25)29-3)16(17(23-18)19(24)28-2)14-6-4-5-7-15(14)30-21(22)26/h2*4-11,16-17H,1-3H3/t2*16-,17+,22-/m10/s1. The van der Waals surface area contributed by atoms with Crippen LogP contribution in [0.25, 0.3) is 0 Å². The molecule has 0 aromatic heterocycles. The van der Waals surface area contributed by atoms with Crippen LogP contribution in [0.2, 0.25) is 0 Å². The second-order valence-corrected chi connectivity index (χ2v) is 13.8. The summed E-state index contributed by atoms with van der Waals surface area (Å²) in [6.45, 7) is 0. The molecule has 4 aliphatic rings. The molecule has 16 nitrogen and oxygen atoms in total. The van der Waals surface area contributed by atoms with Crippen LogP contribution in [-0.4, -0.2) is 102 Å². The first-order valence-corrected chi connectivity index (χ1v) is 18.4. The first kappa shape index (κ1) is 40.8. The minimum Gasteiger partial charge on any atom is -0.497 e. The van der Waals surface area contributed by atoms with Gasteiger partial charge in [-0.3, -0.25) is 19.6 Å². The van der Waals surface area contributed by atoms with Gasteiger partial charge in [-0.25, -0.2) is 19.2 Å². The summed E-state index contributed by atoms with van der Waals surface area (Å²) >= 11 is 0. The molecule has 4 heterocycles. The summed E-state index contributed by atoms with van der Waals surface area (Å²) in [6, 6.07) is 24.6. The van der Waals surface area contributed by atoms with Crippen LogP contribution in [0.4, 0.5) is 0 Å². The number of benzene rings is 4. The molecule has 6 atom stereocenters. The fourth-order valence-electron chi connectivity index (χ4n) is 8.33. The molecule has 0 unspecified atom stereocenters. The van der Waals surface area contributed by atoms with E-state index in [4.69, 9.17) is 37.9 Å². The lowest BCUT2D eigenvalue weighted by Gasteiger charge is -2.37. The van der Waals surface area contributed by atoms with E-state index in [1.165, 1.54) is 42.7 Å². The molecule has 0 bridgehead atoms. The summed E-state index contributed by atoms with van der Waals surface area (Å²) < 4.78 is 41.4. The normalized spacial score (nSPS) is 24.1. The van der Waals surface area contributed by atoms with Gasteiger partial charge in [-0.15, -0.1) is 0 Å². The molecule has 0 aliphatic carbocycles. The van der Waals surface area contributed by atoms with Crippen molar-refractivity contribution in [2.24, 2.45) is 20.8 Å². The molecular weight excluding hydrogens is 780 g/mol. The number of hydrogen-bond acceptors (Lipinski definition) is 16. The van der Waals surface area contributed by atoms with Crippen LogP contribution in [0.1, 0.15) is 34.1 Å². The number of aliphatic imine (C=N–C) groups is 2. The number of esters is 6. The Labute approximate surface area is 343 Å². The van der Waals surface area contributed by atoms with Crippen molar-refractivity contribution in [3.05, 3.63) is 119 Å². The molecule has 4 aromatic carbocycles. The van der Waals surface area contributed by atoms with Crippen molar-refractivity contribution in [1.29, 1.82) is 0 Å². The maximum atomic E-state index is 13.3. The highest BCUT2D eigenvalue weighted by Gasteiger charge is 2.70. The monoisotopic (exact) mass is 818 g/mol. The highest BCUT2D eigenvalue weighted by atomic mass is 16.6. The van der Waals surface area contributed by atoms with E-state index in [1.807, 2.05) is 0 Å². The van der Waals surface area contributed by atoms with Gasteiger partial charge in [-0.2, -0.15) is 0 Å². The van der Waals surface area contributed by atoms with E-state index in [0.717, 1.165) is 0 Å². The molecule has 308 valence electrons. The highest BCUT2D eigenvalue weighted by molar-refractivity contribution is 6.32. The third kappa shape index (κ3) is 6.13. The smallest absolute Gasteiger partial charge is 0.335 e. The Bertz CT molecular complexity index is 2290. The first-order valence-electron chi connectivity index (χ1n) is 18.4. The van der Waals surface area contributed by atoms with Gasteiger partial charge in [0.1, 0.15) is 23.0 Å². The molecule has 0 radical (unpaired) electrons. The number of hydrogen-bond donors (Lipinski definition) is 0. The average Bonchev–Trinajstić information content (AvgIpc) is 3.86. The van der Waals surface area contributed by atoms with Crippen molar-refractivity contribution >= 4 is 47.2 Å². The van der Waals surface area contributed by atoms with Crippen molar-refractivity contribution < 1.29 is 66.7 Å². The van der Waals surface area contributed by atoms with E-state index in [1.54, 1.807) is 97.1 Å². The summed E-state index contributed by atoms with van der Waals surface area (Å²) in [5.74, 6) is -4.95. The summed E-state index contributed by atoms with van der Waals surface area (Å²) in [5.41, 5.74) is -1.76. The summed E-state index contributed by atoms with van der Waals surface area (Å²) in [5, 5.41) is 0. The lowest BCUT2D eigenvalue weighted by molar-refractivity contribution is -0.165. The molecule has 4 aromatic rings. The molecule has 0 N–H and O–H groups in total. The van der Waals surface area contributed by atoms with Gasteiger partial charge in [0.15, 0.2) is 12.1 Å². The van der Waals surface area contributed by atoms with E-state index in [9.17, 15) is 28.8 Å². The zero-order chi connectivity index (χ0) is 42.9. The zero-order valence-electron chi connectivity index (χ0n) is 33.2. The van der Waals surface area contributed by atoms with Crippen LogP contribution in [0.3, 0.4) is 0 Å². The van der Waals surface area contributed by atoms with Gasteiger partial charge in [0.05, 0.1) is 65.9 Å². The van der Waals surface area contributed by atoms with Gasteiger partial charge < -0.3 is 37.9 Å². The zero-order valence-corrected chi connectivity index (χ0v) is 33.2. The van der Waals surface area contributed by atoms with Crippen molar-refractivity contribution in [2.45, 2.75) is 23.9 Å². The quantitative estimate of drug-likeness (QED) is 0.108.